The SMILES string of the molecule is C#CCC(NC(=O)c1ccc2ccccc2c1)C(=O)O. The third-order valence-electron chi connectivity index (χ3n) is 2.94. The molecule has 0 aliphatic carbocycles. The largest absolute Gasteiger partial charge is 0.480 e. The zero-order valence-electron chi connectivity index (χ0n) is 10.7. The molecule has 2 N–H and O–H groups in total. The van der Waals surface area contributed by atoms with Crippen molar-refractivity contribution in [3.05, 3.63) is 48.0 Å². The average Bonchev–Trinajstić information content (AvgIpc) is 2.46. The van der Waals surface area contributed by atoms with Crippen LogP contribution in [0.15, 0.2) is 42.5 Å². The minimum atomic E-state index is -1.14. The van der Waals surface area contributed by atoms with Crippen LogP contribution in [0.1, 0.15) is 16.8 Å². The zero-order chi connectivity index (χ0) is 14.5. The summed E-state index contributed by atoms with van der Waals surface area (Å²) in [7, 11) is 0. The Morgan fingerprint density at radius 2 is 1.90 bits per heavy atom. The van der Waals surface area contributed by atoms with Gasteiger partial charge in [0.05, 0.1) is 0 Å². The van der Waals surface area contributed by atoms with Gasteiger partial charge in [-0.25, -0.2) is 4.79 Å². The van der Waals surface area contributed by atoms with E-state index >= 15 is 0 Å². The second-order valence-electron chi connectivity index (χ2n) is 4.33. The van der Waals surface area contributed by atoms with E-state index in [9.17, 15) is 9.59 Å². The van der Waals surface area contributed by atoms with Gasteiger partial charge in [0, 0.05) is 12.0 Å². The molecule has 0 saturated heterocycles. The first kappa shape index (κ1) is 13.6. The topological polar surface area (TPSA) is 66.4 Å². The summed E-state index contributed by atoms with van der Waals surface area (Å²) in [6.45, 7) is 0. The predicted molar refractivity (Wildman–Crippen MR) is 76.3 cm³/mol. The number of rotatable bonds is 4. The van der Waals surface area contributed by atoms with Crippen LogP contribution in [-0.2, 0) is 4.79 Å². The van der Waals surface area contributed by atoms with Gasteiger partial charge in [0.2, 0.25) is 0 Å². The molecule has 0 heterocycles. The van der Waals surface area contributed by atoms with Crippen LogP contribution in [-0.4, -0.2) is 23.0 Å². The fraction of sp³-hybridized carbons (Fsp3) is 0.125. The van der Waals surface area contributed by atoms with E-state index in [2.05, 4.69) is 11.2 Å². The molecule has 2 rings (SSSR count). The van der Waals surface area contributed by atoms with E-state index in [1.165, 1.54) is 0 Å². The first-order chi connectivity index (χ1) is 9.61. The van der Waals surface area contributed by atoms with Gasteiger partial charge in [-0.1, -0.05) is 30.3 Å². The van der Waals surface area contributed by atoms with Crippen molar-refractivity contribution in [3.8, 4) is 12.3 Å². The smallest absolute Gasteiger partial charge is 0.327 e. The Bertz CT molecular complexity index is 700. The number of carbonyl (C=O) groups excluding carboxylic acids is 1. The monoisotopic (exact) mass is 267 g/mol. The number of hydrogen-bond acceptors (Lipinski definition) is 2. The number of terminal acetylenes is 1. The van der Waals surface area contributed by atoms with E-state index < -0.39 is 17.9 Å². The number of fused-ring (bicyclic) bond motifs is 1. The molecule has 4 heteroatoms. The highest BCUT2D eigenvalue weighted by Gasteiger charge is 2.19. The Morgan fingerprint density at radius 3 is 2.55 bits per heavy atom. The maximum Gasteiger partial charge on any atom is 0.327 e. The summed E-state index contributed by atoms with van der Waals surface area (Å²) in [5, 5.41) is 13.3. The highest BCUT2D eigenvalue weighted by molar-refractivity contribution is 6.00. The Balaban J connectivity index is 2.22. The van der Waals surface area contributed by atoms with Crippen molar-refractivity contribution in [2.24, 2.45) is 0 Å². The molecule has 0 aliphatic rings. The van der Waals surface area contributed by atoms with Crippen LogP contribution in [0.3, 0.4) is 0 Å². The van der Waals surface area contributed by atoms with Crippen LogP contribution in [0.5, 0.6) is 0 Å². The van der Waals surface area contributed by atoms with Crippen LogP contribution in [0.2, 0.25) is 0 Å². The minimum Gasteiger partial charge on any atom is -0.480 e. The van der Waals surface area contributed by atoms with Crippen LogP contribution in [0.4, 0.5) is 0 Å². The molecule has 0 fully saturated rings. The fourth-order valence-corrected chi connectivity index (χ4v) is 1.89. The van der Waals surface area contributed by atoms with Gasteiger partial charge in [-0.2, -0.15) is 0 Å². The van der Waals surface area contributed by atoms with Crippen LogP contribution < -0.4 is 5.32 Å². The third kappa shape index (κ3) is 2.96. The van der Waals surface area contributed by atoms with Gasteiger partial charge in [-0.3, -0.25) is 4.79 Å². The Morgan fingerprint density at radius 1 is 1.20 bits per heavy atom. The van der Waals surface area contributed by atoms with E-state index in [1.807, 2.05) is 30.3 Å². The normalized spacial score (nSPS) is 11.6. The van der Waals surface area contributed by atoms with Crippen molar-refractivity contribution in [1.29, 1.82) is 0 Å². The lowest BCUT2D eigenvalue weighted by atomic mass is 10.1. The number of nitrogens with one attached hydrogen (secondary N) is 1. The van der Waals surface area contributed by atoms with Gasteiger partial charge in [0.15, 0.2) is 0 Å². The zero-order valence-corrected chi connectivity index (χ0v) is 10.7. The van der Waals surface area contributed by atoms with Crippen LogP contribution >= 0.6 is 0 Å². The molecule has 0 radical (unpaired) electrons. The standard InChI is InChI=1S/C16H13NO3/c1-2-5-14(16(19)20)17-15(18)13-9-8-11-6-3-4-7-12(11)10-13/h1,3-4,6-10,14H,5H2,(H,17,18)(H,19,20). The van der Waals surface area contributed by atoms with Gasteiger partial charge >= 0.3 is 5.97 Å². The highest BCUT2D eigenvalue weighted by Crippen LogP contribution is 2.15. The molecule has 0 saturated carbocycles. The van der Waals surface area contributed by atoms with E-state index in [0.29, 0.717) is 5.56 Å². The molecule has 20 heavy (non-hydrogen) atoms. The lowest BCUT2D eigenvalue weighted by Gasteiger charge is -2.12. The van der Waals surface area contributed by atoms with Crippen molar-refractivity contribution >= 4 is 22.6 Å². The summed E-state index contributed by atoms with van der Waals surface area (Å²) in [6, 6.07) is 11.8. The van der Waals surface area contributed by atoms with Crippen LogP contribution in [0.25, 0.3) is 10.8 Å². The second kappa shape index (κ2) is 5.89. The Labute approximate surface area is 116 Å². The van der Waals surface area contributed by atoms with E-state index in [0.717, 1.165) is 10.8 Å². The van der Waals surface area contributed by atoms with Crippen molar-refractivity contribution in [3.63, 3.8) is 0 Å². The first-order valence-corrected chi connectivity index (χ1v) is 6.08. The van der Waals surface area contributed by atoms with Gasteiger partial charge in [-0.15, -0.1) is 12.3 Å². The van der Waals surface area contributed by atoms with Crippen molar-refractivity contribution in [2.75, 3.05) is 0 Å². The van der Waals surface area contributed by atoms with Gasteiger partial charge in [-0.05, 0) is 22.9 Å². The molecule has 0 spiro atoms. The molecule has 4 nitrogen and oxygen atoms in total. The van der Waals surface area contributed by atoms with Crippen molar-refractivity contribution < 1.29 is 14.7 Å². The molecule has 1 amide bonds. The molecule has 0 aromatic heterocycles. The lowest BCUT2D eigenvalue weighted by Crippen LogP contribution is -2.40. The third-order valence-corrected chi connectivity index (χ3v) is 2.94. The number of hydrogen-bond donors (Lipinski definition) is 2. The van der Waals surface area contributed by atoms with Crippen molar-refractivity contribution in [2.45, 2.75) is 12.5 Å². The molecular weight excluding hydrogens is 254 g/mol. The fourth-order valence-electron chi connectivity index (χ4n) is 1.89. The summed E-state index contributed by atoms with van der Waals surface area (Å²) in [6.07, 6.45) is 5.04. The van der Waals surface area contributed by atoms with E-state index in [-0.39, 0.29) is 6.42 Å². The number of benzene rings is 2. The predicted octanol–water partition coefficient (Wildman–Crippen LogP) is 2.05. The van der Waals surface area contributed by atoms with Crippen LogP contribution in [0, 0.1) is 12.3 Å². The van der Waals surface area contributed by atoms with Gasteiger partial charge < -0.3 is 10.4 Å². The first-order valence-electron chi connectivity index (χ1n) is 6.08. The maximum atomic E-state index is 12.0. The summed E-state index contributed by atoms with van der Waals surface area (Å²) >= 11 is 0. The maximum absolute atomic E-state index is 12.0. The highest BCUT2D eigenvalue weighted by atomic mass is 16.4. The molecule has 2 aromatic carbocycles. The molecule has 1 unspecified atom stereocenters. The molecular formula is C16H13NO3. The number of carbonyl (C=O) groups is 2. The number of amides is 1. The van der Waals surface area contributed by atoms with E-state index in [4.69, 9.17) is 11.5 Å². The van der Waals surface area contributed by atoms with Crippen molar-refractivity contribution in [1.82, 2.24) is 5.32 Å². The molecule has 100 valence electrons. The summed E-state index contributed by atoms with van der Waals surface area (Å²) < 4.78 is 0. The molecule has 2 aromatic rings. The average molecular weight is 267 g/mol. The molecule has 1 atom stereocenters. The van der Waals surface area contributed by atoms with Gasteiger partial charge in [0.1, 0.15) is 6.04 Å². The molecule has 0 bridgehead atoms. The van der Waals surface area contributed by atoms with Gasteiger partial charge in [0.25, 0.3) is 5.91 Å². The van der Waals surface area contributed by atoms with E-state index in [1.54, 1.807) is 12.1 Å². The summed E-state index contributed by atoms with van der Waals surface area (Å²) in [4.78, 5) is 23.0. The molecule has 0 aliphatic heterocycles. The number of carboxylic acid groups (broad SMARTS) is 1. The Hall–Kier alpha value is -2.80. The number of aliphatic carboxylic acids is 1. The minimum absolute atomic E-state index is 0.0470. The second-order valence-corrected chi connectivity index (χ2v) is 4.33. The lowest BCUT2D eigenvalue weighted by molar-refractivity contribution is -0.139. The Kier molecular flexibility index (Phi) is 4.02. The summed E-state index contributed by atoms with van der Waals surface area (Å²) in [5.41, 5.74) is 0.409. The quantitative estimate of drug-likeness (QED) is 0.833. The number of carboxylic acids is 1. The summed E-state index contributed by atoms with van der Waals surface area (Å²) in [5.74, 6) is 0.653.